The molecule has 1 amide bonds. The lowest BCUT2D eigenvalue weighted by atomic mass is 9.98. The topological polar surface area (TPSA) is 50.4 Å². The number of hydrogen-bond donors (Lipinski definition) is 2. The van der Waals surface area contributed by atoms with Gasteiger partial charge in [0.25, 0.3) is 0 Å². The molecule has 1 aromatic carbocycles. The maximum Gasteiger partial charge on any atom is 0.231 e. The minimum absolute atomic E-state index is 0.0368. The summed E-state index contributed by atoms with van der Waals surface area (Å²) in [5.74, 6) is 0.477. The largest absolute Gasteiger partial charge is 0.379 e. The van der Waals surface area contributed by atoms with Gasteiger partial charge in [-0.05, 0) is 36.6 Å². The fourth-order valence-electron chi connectivity index (χ4n) is 2.64. The van der Waals surface area contributed by atoms with Crippen LogP contribution in [-0.4, -0.2) is 31.7 Å². The molecule has 1 aliphatic rings. The molecule has 3 unspecified atom stereocenters. The van der Waals surface area contributed by atoms with Gasteiger partial charge in [-0.2, -0.15) is 0 Å². The van der Waals surface area contributed by atoms with Crippen LogP contribution in [0, 0.1) is 5.92 Å². The minimum atomic E-state index is -0.112. The number of hydrogen-bond acceptors (Lipinski definition) is 3. The molecule has 0 aromatic heterocycles. The van der Waals surface area contributed by atoms with Crippen LogP contribution in [0.4, 0.5) is 5.69 Å². The highest BCUT2D eigenvalue weighted by Crippen LogP contribution is 2.21. The molecular formula is C17H26N2O2. The molecule has 0 saturated carbocycles. The minimum Gasteiger partial charge on any atom is -0.379 e. The van der Waals surface area contributed by atoms with Crippen LogP contribution >= 0.6 is 0 Å². The number of carbonyl (C=O) groups excluding carboxylic acids is 1. The first kappa shape index (κ1) is 16.0. The van der Waals surface area contributed by atoms with Crippen molar-refractivity contribution in [1.82, 2.24) is 5.32 Å². The molecule has 1 saturated heterocycles. The molecule has 1 heterocycles. The van der Waals surface area contributed by atoms with Crippen molar-refractivity contribution in [1.29, 1.82) is 0 Å². The lowest BCUT2D eigenvalue weighted by molar-refractivity contribution is -0.120. The van der Waals surface area contributed by atoms with E-state index < -0.39 is 0 Å². The molecule has 1 aromatic rings. The van der Waals surface area contributed by atoms with E-state index in [9.17, 15) is 4.79 Å². The number of carbonyl (C=O) groups is 1. The highest BCUT2D eigenvalue weighted by Gasteiger charge is 2.33. The second-order valence-electron chi connectivity index (χ2n) is 5.73. The number of rotatable bonds is 6. The molecule has 4 heteroatoms. The third-order valence-corrected chi connectivity index (χ3v) is 4.24. The Labute approximate surface area is 127 Å². The van der Waals surface area contributed by atoms with Crippen LogP contribution in [0.15, 0.2) is 24.3 Å². The Morgan fingerprint density at radius 2 is 2.00 bits per heavy atom. The van der Waals surface area contributed by atoms with Crippen LogP contribution in [0.5, 0.6) is 0 Å². The maximum absolute atomic E-state index is 12.3. The second kappa shape index (κ2) is 7.57. The molecule has 116 valence electrons. The Morgan fingerprint density at radius 3 is 2.62 bits per heavy atom. The molecule has 2 N–H and O–H groups in total. The van der Waals surface area contributed by atoms with Gasteiger partial charge in [0.05, 0.1) is 19.1 Å². The van der Waals surface area contributed by atoms with Crippen molar-refractivity contribution in [2.75, 3.05) is 25.1 Å². The molecule has 1 aliphatic heterocycles. The summed E-state index contributed by atoms with van der Waals surface area (Å²) in [6.07, 6.45) is 1.12. The van der Waals surface area contributed by atoms with Gasteiger partial charge in [0, 0.05) is 11.7 Å². The quantitative estimate of drug-likeness (QED) is 0.847. The highest BCUT2D eigenvalue weighted by molar-refractivity contribution is 5.93. The van der Waals surface area contributed by atoms with E-state index >= 15 is 0 Å². The molecule has 2 rings (SSSR count). The lowest BCUT2D eigenvalue weighted by Gasteiger charge is -2.18. The summed E-state index contributed by atoms with van der Waals surface area (Å²) in [4.78, 5) is 12.3. The van der Waals surface area contributed by atoms with Gasteiger partial charge in [0.1, 0.15) is 0 Å². The summed E-state index contributed by atoms with van der Waals surface area (Å²) < 4.78 is 5.42. The summed E-state index contributed by atoms with van der Waals surface area (Å²) >= 11 is 0. The van der Waals surface area contributed by atoms with Crippen molar-refractivity contribution in [3.63, 3.8) is 0 Å². The van der Waals surface area contributed by atoms with Crippen LogP contribution in [0.1, 0.15) is 38.7 Å². The first-order valence-corrected chi connectivity index (χ1v) is 7.87. The Kier molecular flexibility index (Phi) is 5.76. The fourth-order valence-corrected chi connectivity index (χ4v) is 2.64. The molecule has 0 radical (unpaired) electrons. The Morgan fingerprint density at radius 1 is 1.29 bits per heavy atom. The smallest absolute Gasteiger partial charge is 0.231 e. The number of ether oxygens (including phenoxy) is 1. The summed E-state index contributed by atoms with van der Waals surface area (Å²) in [7, 11) is 0. The van der Waals surface area contributed by atoms with E-state index in [1.807, 2.05) is 19.1 Å². The number of nitrogens with one attached hydrogen (secondary N) is 2. The van der Waals surface area contributed by atoms with Crippen molar-refractivity contribution < 1.29 is 9.53 Å². The number of amides is 1. The van der Waals surface area contributed by atoms with Crippen molar-refractivity contribution in [3.05, 3.63) is 29.8 Å². The summed E-state index contributed by atoms with van der Waals surface area (Å²) in [6.45, 7) is 8.39. The first-order valence-electron chi connectivity index (χ1n) is 7.87. The van der Waals surface area contributed by atoms with E-state index in [-0.39, 0.29) is 17.9 Å². The van der Waals surface area contributed by atoms with E-state index in [0.717, 1.165) is 18.7 Å². The van der Waals surface area contributed by atoms with Crippen LogP contribution < -0.4 is 10.6 Å². The zero-order chi connectivity index (χ0) is 15.2. The normalized spacial score (nSPS) is 23.0. The molecule has 0 spiro atoms. The fraction of sp³-hybridized carbons (Fsp3) is 0.588. The predicted octanol–water partition coefficient (Wildman–Crippen LogP) is 2.76. The van der Waals surface area contributed by atoms with E-state index in [4.69, 9.17) is 4.74 Å². The molecule has 0 aliphatic carbocycles. The van der Waals surface area contributed by atoms with E-state index in [1.54, 1.807) is 0 Å². The van der Waals surface area contributed by atoms with Gasteiger partial charge in [-0.1, -0.05) is 32.9 Å². The maximum atomic E-state index is 12.3. The van der Waals surface area contributed by atoms with Gasteiger partial charge in [-0.15, -0.1) is 0 Å². The average Bonchev–Trinajstić information content (AvgIpc) is 2.96. The Hall–Kier alpha value is -1.39. The van der Waals surface area contributed by atoms with Crippen LogP contribution in [0.25, 0.3) is 0 Å². The van der Waals surface area contributed by atoms with E-state index in [1.165, 1.54) is 5.56 Å². The number of likely N-dealkylation sites (N-methyl/N-ethyl adjacent to an activating group) is 1. The summed E-state index contributed by atoms with van der Waals surface area (Å²) in [5, 5.41) is 6.30. The van der Waals surface area contributed by atoms with Crippen molar-refractivity contribution >= 4 is 11.6 Å². The molecule has 4 nitrogen and oxygen atoms in total. The number of benzene rings is 1. The molecule has 1 fully saturated rings. The highest BCUT2D eigenvalue weighted by atomic mass is 16.5. The van der Waals surface area contributed by atoms with Gasteiger partial charge in [-0.25, -0.2) is 0 Å². The van der Waals surface area contributed by atoms with Gasteiger partial charge < -0.3 is 15.4 Å². The molecule has 0 bridgehead atoms. The third-order valence-electron chi connectivity index (χ3n) is 4.24. The van der Waals surface area contributed by atoms with Crippen LogP contribution in [0.3, 0.4) is 0 Å². The predicted molar refractivity (Wildman–Crippen MR) is 85.6 cm³/mol. The Balaban J connectivity index is 1.96. The SMILES string of the molecule is CCNC1COCC1C(=O)Nc1ccc(C(C)CC)cc1. The van der Waals surface area contributed by atoms with Crippen molar-refractivity contribution in [3.8, 4) is 0 Å². The van der Waals surface area contributed by atoms with E-state index in [0.29, 0.717) is 19.1 Å². The third kappa shape index (κ3) is 4.05. The van der Waals surface area contributed by atoms with Gasteiger partial charge in [0.2, 0.25) is 5.91 Å². The molecular weight excluding hydrogens is 264 g/mol. The zero-order valence-corrected chi connectivity index (χ0v) is 13.2. The summed E-state index contributed by atoms with van der Waals surface area (Å²) in [6, 6.07) is 8.27. The average molecular weight is 290 g/mol. The summed E-state index contributed by atoms with van der Waals surface area (Å²) in [5.41, 5.74) is 2.17. The Bertz CT molecular complexity index is 458. The van der Waals surface area contributed by atoms with Gasteiger partial charge >= 0.3 is 0 Å². The standard InChI is InChI=1S/C17H26N2O2/c1-4-12(3)13-6-8-14(9-7-13)19-17(20)15-10-21-11-16(15)18-5-2/h6-9,12,15-16,18H,4-5,10-11H2,1-3H3,(H,19,20). The number of anilines is 1. The monoisotopic (exact) mass is 290 g/mol. The van der Waals surface area contributed by atoms with Crippen LogP contribution in [-0.2, 0) is 9.53 Å². The first-order chi connectivity index (χ1) is 10.2. The van der Waals surface area contributed by atoms with E-state index in [2.05, 4.69) is 36.6 Å². The second-order valence-corrected chi connectivity index (χ2v) is 5.73. The van der Waals surface area contributed by atoms with Crippen molar-refractivity contribution in [2.24, 2.45) is 5.92 Å². The van der Waals surface area contributed by atoms with Crippen molar-refractivity contribution in [2.45, 2.75) is 39.2 Å². The lowest BCUT2D eigenvalue weighted by Crippen LogP contribution is -2.41. The molecule has 3 atom stereocenters. The van der Waals surface area contributed by atoms with Gasteiger partial charge in [0.15, 0.2) is 0 Å². The molecule has 21 heavy (non-hydrogen) atoms. The zero-order valence-electron chi connectivity index (χ0n) is 13.2. The van der Waals surface area contributed by atoms with Crippen LogP contribution in [0.2, 0.25) is 0 Å². The van der Waals surface area contributed by atoms with Gasteiger partial charge in [-0.3, -0.25) is 4.79 Å².